The first-order valence-electron chi connectivity index (χ1n) is 7.88. The van der Waals surface area contributed by atoms with Crippen LogP contribution in [0.3, 0.4) is 0 Å². The van der Waals surface area contributed by atoms with Gasteiger partial charge in [0.2, 0.25) is 5.91 Å². The molecule has 2 heterocycles. The van der Waals surface area contributed by atoms with E-state index in [1.807, 2.05) is 39.5 Å². The van der Waals surface area contributed by atoms with Gasteiger partial charge in [0.1, 0.15) is 5.76 Å². The summed E-state index contributed by atoms with van der Waals surface area (Å²) in [5, 5.41) is 3.99. The Hall–Kier alpha value is -0.820. The average Bonchev–Trinajstić information content (AvgIpc) is 2.77. The van der Waals surface area contributed by atoms with Gasteiger partial charge in [0.05, 0.1) is 11.7 Å². The molecule has 6 nitrogen and oxygen atoms in total. The van der Waals surface area contributed by atoms with E-state index in [2.05, 4.69) is 10.1 Å². The third-order valence-electron chi connectivity index (χ3n) is 4.45. The van der Waals surface area contributed by atoms with Crippen molar-refractivity contribution in [2.45, 2.75) is 47.2 Å². The van der Waals surface area contributed by atoms with Gasteiger partial charge >= 0.3 is 0 Å². The SMILES string of the molecule is Cc1noc(C)c1CN1CCN(C(=O)[C@@H](N)C(C)(C)C)CC1.Cl.Cl. The van der Waals surface area contributed by atoms with Gasteiger partial charge in [-0.1, -0.05) is 25.9 Å². The lowest BCUT2D eigenvalue weighted by Gasteiger charge is -2.38. The van der Waals surface area contributed by atoms with Gasteiger partial charge in [-0.15, -0.1) is 24.8 Å². The van der Waals surface area contributed by atoms with E-state index in [0.717, 1.165) is 49.7 Å². The van der Waals surface area contributed by atoms with Crippen molar-refractivity contribution in [2.75, 3.05) is 26.2 Å². The van der Waals surface area contributed by atoms with E-state index in [4.69, 9.17) is 10.3 Å². The van der Waals surface area contributed by atoms with E-state index in [-0.39, 0.29) is 36.1 Å². The zero-order valence-electron chi connectivity index (χ0n) is 15.2. The van der Waals surface area contributed by atoms with Crippen LogP contribution in [-0.4, -0.2) is 53.1 Å². The van der Waals surface area contributed by atoms with E-state index in [1.165, 1.54) is 0 Å². The van der Waals surface area contributed by atoms with Gasteiger partial charge in [-0.2, -0.15) is 0 Å². The van der Waals surface area contributed by atoms with Gasteiger partial charge in [0.25, 0.3) is 0 Å². The van der Waals surface area contributed by atoms with Crippen LogP contribution in [0, 0.1) is 19.3 Å². The number of nitrogens with zero attached hydrogens (tertiary/aromatic N) is 3. The molecule has 1 amide bonds. The topological polar surface area (TPSA) is 75.6 Å². The van der Waals surface area contributed by atoms with Crippen molar-refractivity contribution in [1.29, 1.82) is 0 Å². The Bertz CT molecular complexity index is 515. The van der Waals surface area contributed by atoms with Crippen molar-refractivity contribution in [3.05, 3.63) is 17.0 Å². The van der Waals surface area contributed by atoms with Crippen molar-refractivity contribution in [3.8, 4) is 0 Å². The molecule has 0 saturated carbocycles. The molecular formula is C16H30Cl2N4O2. The molecule has 1 fully saturated rings. The number of rotatable bonds is 3. The number of piperazine rings is 1. The molecule has 8 heteroatoms. The first kappa shape index (κ1) is 23.2. The minimum atomic E-state index is -0.443. The van der Waals surface area contributed by atoms with E-state index in [0.29, 0.717) is 0 Å². The van der Waals surface area contributed by atoms with E-state index in [1.54, 1.807) is 0 Å². The standard InChI is InChI=1S/C16H28N4O2.2ClH/c1-11-13(12(2)22-18-11)10-19-6-8-20(9-7-19)15(21)14(17)16(3,4)5;;/h14H,6-10,17H2,1-5H3;2*1H/t14-;;/m1../s1. The predicted octanol–water partition coefficient (Wildman–Crippen LogP) is 2.15. The summed E-state index contributed by atoms with van der Waals surface area (Å²) in [6.07, 6.45) is 0. The van der Waals surface area contributed by atoms with Crippen molar-refractivity contribution in [3.63, 3.8) is 0 Å². The van der Waals surface area contributed by atoms with Crippen LogP contribution in [0.15, 0.2) is 4.52 Å². The van der Waals surface area contributed by atoms with Crippen LogP contribution in [0.25, 0.3) is 0 Å². The number of hydrogen-bond donors (Lipinski definition) is 1. The molecule has 0 spiro atoms. The monoisotopic (exact) mass is 380 g/mol. The van der Waals surface area contributed by atoms with Crippen LogP contribution >= 0.6 is 24.8 Å². The van der Waals surface area contributed by atoms with Crippen LogP contribution in [0.4, 0.5) is 0 Å². The van der Waals surface area contributed by atoms with Gasteiger partial charge in [-0.05, 0) is 19.3 Å². The maximum atomic E-state index is 12.4. The first-order chi connectivity index (χ1) is 10.2. The Morgan fingerprint density at radius 1 is 1.21 bits per heavy atom. The highest BCUT2D eigenvalue weighted by atomic mass is 35.5. The Morgan fingerprint density at radius 2 is 1.75 bits per heavy atom. The second kappa shape index (κ2) is 9.04. The summed E-state index contributed by atoms with van der Waals surface area (Å²) in [7, 11) is 0. The average molecular weight is 381 g/mol. The first-order valence-corrected chi connectivity index (χ1v) is 7.88. The van der Waals surface area contributed by atoms with E-state index >= 15 is 0 Å². The highest BCUT2D eigenvalue weighted by Crippen LogP contribution is 2.20. The fourth-order valence-electron chi connectivity index (χ4n) is 2.64. The number of aromatic nitrogens is 1. The second-order valence-electron chi connectivity index (χ2n) is 7.25. The third kappa shape index (κ3) is 5.34. The van der Waals surface area contributed by atoms with Gasteiger partial charge in [0, 0.05) is 38.3 Å². The highest BCUT2D eigenvalue weighted by molar-refractivity contribution is 5.85. The number of halogens is 2. The van der Waals surface area contributed by atoms with Gasteiger partial charge in [-0.25, -0.2) is 0 Å². The van der Waals surface area contributed by atoms with Gasteiger partial charge in [0.15, 0.2) is 0 Å². The minimum absolute atomic E-state index is 0. The Balaban J connectivity index is 0.00000264. The van der Waals surface area contributed by atoms with Crippen LogP contribution in [0.2, 0.25) is 0 Å². The summed E-state index contributed by atoms with van der Waals surface area (Å²) in [5.41, 5.74) is 7.99. The number of hydrogen-bond acceptors (Lipinski definition) is 5. The molecule has 0 bridgehead atoms. The molecule has 2 N–H and O–H groups in total. The molecule has 0 unspecified atom stereocenters. The molecular weight excluding hydrogens is 351 g/mol. The predicted molar refractivity (Wildman–Crippen MR) is 99.8 cm³/mol. The number of amides is 1. The molecule has 0 aromatic carbocycles. The maximum Gasteiger partial charge on any atom is 0.240 e. The second-order valence-corrected chi connectivity index (χ2v) is 7.25. The molecule has 1 aromatic heterocycles. The van der Waals surface area contributed by atoms with Crippen molar-refractivity contribution in [2.24, 2.45) is 11.1 Å². The molecule has 1 saturated heterocycles. The molecule has 2 rings (SSSR count). The minimum Gasteiger partial charge on any atom is -0.361 e. The number of nitrogens with two attached hydrogens (primary N) is 1. The Morgan fingerprint density at radius 3 is 2.17 bits per heavy atom. The molecule has 140 valence electrons. The lowest BCUT2D eigenvalue weighted by molar-refractivity contribution is -0.136. The highest BCUT2D eigenvalue weighted by Gasteiger charge is 2.32. The zero-order chi connectivity index (χ0) is 16.5. The molecule has 24 heavy (non-hydrogen) atoms. The third-order valence-corrected chi connectivity index (χ3v) is 4.45. The number of carbonyl (C=O) groups is 1. The zero-order valence-corrected chi connectivity index (χ0v) is 16.8. The Labute approximate surface area is 156 Å². The summed E-state index contributed by atoms with van der Waals surface area (Å²) >= 11 is 0. The molecule has 1 aliphatic heterocycles. The van der Waals surface area contributed by atoms with Crippen LogP contribution in [-0.2, 0) is 11.3 Å². The summed E-state index contributed by atoms with van der Waals surface area (Å²) in [6, 6.07) is -0.443. The summed E-state index contributed by atoms with van der Waals surface area (Å²) in [5.74, 6) is 0.940. The largest absolute Gasteiger partial charge is 0.361 e. The van der Waals surface area contributed by atoms with Crippen molar-refractivity contribution in [1.82, 2.24) is 15.0 Å². The van der Waals surface area contributed by atoms with Crippen LogP contribution in [0.1, 0.15) is 37.8 Å². The fraction of sp³-hybridized carbons (Fsp3) is 0.750. The number of aryl methyl sites for hydroxylation is 2. The lowest BCUT2D eigenvalue weighted by atomic mass is 9.86. The molecule has 0 radical (unpaired) electrons. The lowest BCUT2D eigenvalue weighted by Crippen LogP contribution is -2.56. The smallest absolute Gasteiger partial charge is 0.240 e. The molecule has 1 atom stereocenters. The van der Waals surface area contributed by atoms with Crippen LogP contribution in [0.5, 0.6) is 0 Å². The summed E-state index contributed by atoms with van der Waals surface area (Å²) in [4.78, 5) is 16.7. The van der Waals surface area contributed by atoms with Crippen molar-refractivity contribution >= 4 is 30.7 Å². The molecule has 0 aliphatic carbocycles. The quantitative estimate of drug-likeness (QED) is 0.868. The van der Waals surface area contributed by atoms with Gasteiger partial charge < -0.3 is 15.2 Å². The van der Waals surface area contributed by atoms with Crippen molar-refractivity contribution < 1.29 is 9.32 Å². The van der Waals surface area contributed by atoms with E-state index < -0.39 is 6.04 Å². The molecule has 1 aliphatic rings. The summed E-state index contributed by atoms with van der Waals surface area (Å²) < 4.78 is 5.21. The fourth-order valence-corrected chi connectivity index (χ4v) is 2.64. The Kier molecular flexibility index (Phi) is 8.73. The normalized spacial score (nSPS) is 17.0. The van der Waals surface area contributed by atoms with Gasteiger partial charge in [-0.3, -0.25) is 9.69 Å². The molecule has 1 aromatic rings. The van der Waals surface area contributed by atoms with Crippen LogP contribution < -0.4 is 5.73 Å². The number of carbonyl (C=O) groups excluding carboxylic acids is 1. The summed E-state index contributed by atoms with van der Waals surface area (Å²) in [6.45, 7) is 13.9. The maximum absolute atomic E-state index is 12.4. The van der Waals surface area contributed by atoms with E-state index in [9.17, 15) is 4.79 Å².